The van der Waals surface area contributed by atoms with Crippen LogP contribution in [0.1, 0.15) is 32.6 Å². The number of benzene rings is 1. The van der Waals surface area contributed by atoms with Crippen LogP contribution in [0, 0.1) is 0 Å². The van der Waals surface area contributed by atoms with E-state index < -0.39 is 17.6 Å². The van der Waals surface area contributed by atoms with Gasteiger partial charge in [-0.05, 0) is 44.0 Å². The van der Waals surface area contributed by atoms with Gasteiger partial charge in [-0.15, -0.1) is 0 Å². The molecule has 4 amide bonds. The summed E-state index contributed by atoms with van der Waals surface area (Å²) in [6.45, 7) is 1.58. The molecule has 7 heteroatoms. The summed E-state index contributed by atoms with van der Waals surface area (Å²) < 4.78 is 0. The number of rotatable bonds is 4. The van der Waals surface area contributed by atoms with Crippen LogP contribution >= 0.6 is 0 Å². The predicted molar refractivity (Wildman–Crippen MR) is 95.4 cm³/mol. The molecule has 0 radical (unpaired) electrons. The topological polar surface area (TPSA) is 81.8 Å². The highest BCUT2D eigenvalue weighted by molar-refractivity contribution is 6.11. The first-order valence-electron chi connectivity index (χ1n) is 8.58. The van der Waals surface area contributed by atoms with E-state index in [1.54, 1.807) is 19.1 Å². The summed E-state index contributed by atoms with van der Waals surface area (Å²) in [5.41, 5.74) is 0.854. The molecule has 1 atom stereocenters. The average Bonchev–Trinajstić information content (AvgIpc) is 3.13. The van der Waals surface area contributed by atoms with E-state index in [1.807, 2.05) is 31.1 Å². The SMILES string of the molecule is CC(C(=O)Nc1ccc(N(C)C)cc1)N1C(=O)NC2(CCCC2)C1=O. The van der Waals surface area contributed by atoms with Crippen LogP contribution in [0.3, 0.4) is 0 Å². The Labute approximate surface area is 147 Å². The van der Waals surface area contributed by atoms with Gasteiger partial charge in [-0.25, -0.2) is 9.69 Å². The smallest absolute Gasteiger partial charge is 0.325 e. The molecule has 3 rings (SSSR count). The van der Waals surface area contributed by atoms with E-state index in [9.17, 15) is 14.4 Å². The Morgan fingerprint density at radius 3 is 2.36 bits per heavy atom. The normalized spacial score (nSPS) is 19.9. The van der Waals surface area contributed by atoms with Gasteiger partial charge in [0.05, 0.1) is 0 Å². The number of amides is 4. The number of hydrogen-bond donors (Lipinski definition) is 2. The van der Waals surface area contributed by atoms with Gasteiger partial charge in [-0.3, -0.25) is 9.59 Å². The van der Waals surface area contributed by atoms with Crippen LogP contribution in [-0.2, 0) is 9.59 Å². The number of carbonyl (C=O) groups excluding carboxylic acids is 3. The number of imide groups is 1. The molecule has 2 fully saturated rings. The van der Waals surface area contributed by atoms with Crippen molar-refractivity contribution < 1.29 is 14.4 Å². The van der Waals surface area contributed by atoms with E-state index in [2.05, 4.69) is 10.6 Å². The van der Waals surface area contributed by atoms with Gasteiger partial charge in [0.15, 0.2) is 0 Å². The van der Waals surface area contributed by atoms with E-state index in [0.29, 0.717) is 18.5 Å². The largest absolute Gasteiger partial charge is 0.378 e. The van der Waals surface area contributed by atoms with Crippen LogP contribution < -0.4 is 15.5 Å². The lowest BCUT2D eigenvalue weighted by Crippen LogP contribution is -2.48. The van der Waals surface area contributed by atoms with Crippen molar-refractivity contribution in [2.75, 3.05) is 24.3 Å². The summed E-state index contributed by atoms with van der Waals surface area (Å²) in [5, 5.41) is 5.57. The van der Waals surface area contributed by atoms with Crippen molar-refractivity contribution in [3.63, 3.8) is 0 Å². The standard InChI is InChI=1S/C18H24N4O3/c1-12(15(23)19-13-6-8-14(9-7-13)21(2)3)22-16(24)18(20-17(22)25)10-4-5-11-18/h6-9,12H,4-5,10-11H2,1-3H3,(H,19,23)(H,20,25). The number of nitrogens with one attached hydrogen (secondary N) is 2. The first-order valence-corrected chi connectivity index (χ1v) is 8.58. The molecule has 2 aliphatic rings. The van der Waals surface area contributed by atoms with Crippen molar-refractivity contribution in [3.05, 3.63) is 24.3 Å². The average molecular weight is 344 g/mol. The zero-order valence-electron chi connectivity index (χ0n) is 14.8. The van der Waals surface area contributed by atoms with Gasteiger partial charge >= 0.3 is 6.03 Å². The molecule has 25 heavy (non-hydrogen) atoms. The van der Waals surface area contributed by atoms with Crippen LogP contribution in [0.5, 0.6) is 0 Å². The molecule has 1 aromatic rings. The summed E-state index contributed by atoms with van der Waals surface area (Å²) in [7, 11) is 3.87. The van der Waals surface area contributed by atoms with E-state index in [-0.39, 0.29) is 11.8 Å². The van der Waals surface area contributed by atoms with Crippen LogP contribution in [0.4, 0.5) is 16.2 Å². The Morgan fingerprint density at radius 2 is 1.80 bits per heavy atom. The number of urea groups is 1. The third-order valence-electron chi connectivity index (χ3n) is 5.07. The van der Waals surface area contributed by atoms with Gasteiger partial charge in [-0.1, -0.05) is 12.8 Å². The second-order valence-corrected chi connectivity index (χ2v) is 7.00. The summed E-state index contributed by atoms with van der Waals surface area (Å²) in [5.74, 6) is -0.656. The number of carbonyl (C=O) groups is 3. The molecule has 1 heterocycles. The Morgan fingerprint density at radius 1 is 1.20 bits per heavy atom. The maximum atomic E-state index is 12.7. The Bertz CT molecular complexity index is 693. The maximum Gasteiger partial charge on any atom is 0.325 e. The van der Waals surface area contributed by atoms with Crippen molar-refractivity contribution >= 4 is 29.2 Å². The second kappa shape index (κ2) is 6.38. The molecule has 1 saturated carbocycles. The monoisotopic (exact) mass is 344 g/mol. The minimum absolute atomic E-state index is 0.277. The van der Waals surface area contributed by atoms with Crippen LogP contribution in [0.15, 0.2) is 24.3 Å². The van der Waals surface area contributed by atoms with E-state index in [1.165, 1.54) is 0 Å². The molecule has 1 unspecified atom stereocenters. The van der Waals surface area contributed by atoms with Gasteiger partial charge in [0.2, 0.25) is 5.91 Å². The molecule has 1 aliphatic heterocycles. The Balaban J connectivity index is 1.70. The first kappa shape index (κ1) is 17.3. The van der Waals surface area contributed by atoms with Gasteiger partial charge in [0, 0.05) is 25.5 Å². The molecular formula is C18H24N4O3. The molecule has 0 aromatic heterocycles. The molecule has 1 spiro atoms. The maximum absolute atomic E-state index is 12.7. The van der Waals surface area contributed by atoms with Crippen molar-refractivity contribution in [2.24, 2.45) is 0 Å². The van der Waals surface area contributed by atoms with Crippen molar-refractivity contribution in [2.45, 2.75) is 44.2 Å². The molecule has 0 bridgehead atoms. The van der Waals surface area contributed by atoms with Crippen molar-refractivity contribution in [3.8, 4) is 0 Å². The molecule has 134 valence electrons. The fourth-order valence-electron chi connectivity index (χ4n) is 3.52. The zero-order chi connectivity index (χ0) is 18.2. The van der Waals surface area contributed by atoms with Gasteiger partial charge in [0.1, 0.15) is 11.6 Å². The minimum Gasteiger partial charge on any atom is -0.378 e. The first-order chi connectivity index (χ1) is 11.8. The van der Waals surface area contributed by atoms with Crippen molar-refractivity contribution in [1.82, 2.24) is 10.2 Å². The highest BCUT2D eigenvalue weighted by atomic mass is 16.2. The Kier molecular flexibility index (Phi) is 4.41. The lowest BCUT2D eigenvalue weighted by Gasteiger charge is -2.23. The van der Waals surface area contributed by atoms with E-state index >= 15 is 0 Å². The number of hydrogen-bond acceptors (Lipinski definition) is 4. The molecule has 7 nitrogen and oxygen atoms in total. The lowest BCUT2D eigenvalue weighted by molar-refractivity contribution is -0.136. The highest BCUT2D eigenvalue weighted by Crippen LogP contribution is 2.35. The Hall–Kier alpha value is -2.57. The fourth-order valence-corrected chi connectivity index (χ4v) is 3.52. The quantitative estimate of drug-likeness (QED) is 0.818. The number of nitrogens with zero attached hydrogens (tertiary/aromatic N) is 2. The predicted octanol–water partition coefficient (Wildman–Crippen LogP) is 1.94. The van der Waals surface area contributed by atoms with Crippen LogP contribution in [0.25, 0.3) is 0 Å². The van der Waals surface area contributed by atoms with Gasteiger partial charge < -0.3 is 15.5 Å². The third-order valence-corrected chi connectivity index (χ3v) is 5.07. The molecule has 1 saturated heterocycles. The molecular weight excluding hydrogens is 320 g/mol. The van der Waals surface area contributed by atoms with E-state index in [4.69, 9.17) is 0 Å². The molecule has 1 aromatic carbocycles. The molecule has 1 aliphatic carbocycles. The highest BCUT2D eigenvalue weighted by Gasteiger charge is 2.54. The summed E-state index contributed by atoms with van der Waals surface area (Å²) in [6.07, 6.45) is 3.13. The summed E-state index contributed by atoms with van der Waals surface area (Å²) in [6, 6.07) is 6.04. The number of anilines is 2. The van der Waals surface area contributed by atoms with Gasteiger partial charge in [-0.2, -0.15) is 0 Å². The fraction of sp³-hybridized carbons (Fsp3) is 0.500. The summed E-state index contributed by atoms with van der Waals surface area (Å²) >= 11 is 0. The van der Waals surface area contributed by atoms with Gasteiger partial charge in [0.25, 0.3) is 5.91 Å². The summed E-state index contributed by atoms with van der Waals surface area (Å²) in [4.78, 5) is 40.5. The third kappa shape index (κ3) is 3.06. The van der Waals surface area contributed by atoms with Crippen LogP contribution in [0.2, 0.25) is 0 Å². The minimum atomic E-state index is -0.860. The van der Waals surface area contributed by atoms with Crippen LogP contribution in [-0.4, -0.2) is 48.4 Å². The zero-order valence-corrected chi connectivity index (χ0v) is 14.8. The molecule has 2 N–H and O–H groups in total. The second-order valence-electron chi connectivity index (χ2n) is 7.00. The van der Waals surface area contributed by atoms with Crippen molar-refractivity contribution in [1.29, 1.82) is 0 Å². The van der Waals surface area contributed by atoms with E-state index in [0.717, 1.165) is 23.4 Å². The lowest BCUT2D eigenvalue weighted by atomic mass is 9.97.